The summed E-state index contributed by atoms with van der Waals surface area (Å²) in [5.74, 6) is 1.58. The lowest BCUT2D eigenvalue weighted by Gasteiger charge is -2.39. The molecule has 106 valence electrons. The van der Waals surface area contributed by atoms with Crippen molar-refractivity contribution in [3.63, 3.8) is 0 Å². The van der Waals surface area contributed by atoms with Crippen molar-refractivity contribution in [1.82, 2.24) is 4.90 Å². The van der Waals surface area contributed by atoms with Gasteiger partial charge in [-0.25, -0.2) is 8.42 Å². The van der Waals surface area contributed by atoms with Gasteiger partial charge in [-0.15, -0.1) is 0 Å². The van der Waals surface area contributed by atoms with E-state index in [-0.39, 0.29) is 12.0 Å². The number of thioether (sulfide) groups is 1. The average Bonchev–Trinajstić information content (AvgIpc) is 2.78. The number of ether oxygens (including phenoxy) is 1. The monoisotopic (exact) mass is 295 g/mol. The maximum atomic E-state index is 11.8. The second-order valence-corrected chi connectivity index (χ2v) is 8.64. The third kappa shape index (κ3) is 3.19. The van der Waals surface area contributed by atoms with Gasteiger partial charge in [0.25, 0.3) is 0 Å². The number of hydrogen-bond acceptors (Lipinski definition) is 6. The molecule has 2 heterocycles. The minimum atomic E-state index is -3.07. The Labute approximate surface area is 113 Å². The second kappa shape index (κ2) is 5.66. The average molecular weight is 295 g/mol. The normalized spacial score (nSPS) is 34.9. The van der Waals surface area contributed by atoms with Crippen LogP contribution in [0.1, 0.15) is 6.42 Å². The van der Waals surface area contributed by atoms with E-state index in [4.69, 9.17) is 4.74 Å². The molecule has 0 aliphatic carbocycles. The number of rotatable bonds is 4. The van der Waals surface area contributed by atoms with Crippen LogP contribution in [0.4, 0.5) is 0 Å². The third-order valence-electron chi connectivity index (χ3n) is 3.74. The topological polar surface area (TPSA) is 66.8 Å². The van der Waals surface area contributed by atoms with Gasteiger partial charge in [0.1, 0.15) is 5.37 Å². The summed E-state index contributed by atoms with van der Waals surface area (Å²) in [6, 6.07) is 0. The Kier molecular flexibility index (Phi) is 4.59. The van der Waals surface area contributed by atoms with Crippen molar-refractivity contribution in [3.05, 3.63) is 0 Å². The lowest BCUT2D eigenvalue weighted by atomic mass is 9.87. The Morgan fingerprint density at radius 2 is 2.33 bits per heavy atom. The molecule has 2 aliphatic heterocycles. The van der Waals surface area contributed by atoms with Crippen molar-refractivity contribution in [3.8, 4) is 0 Å². The van der Waals surface area contributed by atoms with E-state index in [2.05, 4.69) is 0 Å². The number of hydrogen-bond donors (Lipinski definition) is 1. The smallest absolute Gasteiger partial charge is 0.164 e. The molecule has 2 saturated heterocycles. The highest BCUT2D eigenvalue weighted by Gasteiger charge is 2.40. The fraction of sp³-hybridized carbons (Fsp3) is 1.00. The number of aliphatic hydroxyl groups excluding tert-OH is 1. The number of sulfone groups is 1. The van der Waals surface area contributed by atoms with Crippen molar-refractivity contribution < 1.29 is 18.3 Å². The van der Waals surface area contributed by atoms with Gasteiger partial charge in [0.05, 0.1) is 13.2 Å². The molecule has 1 N–H and O–H groups in total. The summed E-state index contributed by atoms with van der Waals surface area (Å²) >= 11 is 1.68. The quantitative estimate of drug-likeness (QED) is 0.775. The molecule has 7 heteroatoms. The Balaban J connectivity index is 2.10. The highest BCUT2D eigenvalue weighted by atomic mass is 32.2. The first-order valence-corrected chi connectivity index (χ1v) is 9.27. The fourth-order valence-corrected chi connectivity index (χ4v) is 5.51. The molecule has 0 aromatic rings. The maximum Gasteiger partial charge on any atom is 0.164 e. The van der Waals surface area contributed by atoms with E-state index >= 15 is 0 Å². The molecule has 0 aromatic heterocycles. The van der Waals surface area contributed by atoms with E-state index in [9.17, 15) is 13.5 Å². The van der Waals surface area contributed by atoms with Gasteiger partial charge >= 0.3 is 0 Å². The SMILES string of the molecule is CS(=O)(=O)C1CSCCN1CC1(CO)CCOC1. The summed E-state index contributed by atoms with van der Waals surface area (Å²) in [4.78, 5) is 2.01. The van der Waals surface area contributed by atoms with E-state index in [1.54, 1.807) is 11.8 Å². The highest BCUT2D eigenvalue weighted by molar-refractivity contribution is 8.00. The fourth-order valence-electron chi connectivity index (χ4n) is 2.57. The molecule has 0 bridgehead atoms. The molecule has 2 rings (SSSR count). The van der Waals surface area contributed by atoms with Gasteiger partial charge < -0.3 is 9.84 Å². The van der Waals surface area contributed by atoms with Gasteiger partial charge in [0.15, 0.2) is 9.84 Å². The van der Waals surface area contributed by atoms with Crippen LogP contribution in [-0.4, -0.2) is 74.5 Å². The van der Waals surface area contributed by atoms with Crippen molar-refractivity contribution in [2.45, 2.75) is 11.8 Å². The Morgan fingerprint density at radius 1 is 1.56 bits per heavy atom. The Bertz CT molecular complexity index is 379. The van der Waals surface area contributed by atoms with Crippen LogP contribution in [0, 0.1) is 5.41 Å². The molecule has 5 nitrogen and oxygen atoms in total. The van der Waals surface area contributed by atoms with Crippen molar-refractivity contribution in [2.75, 3.05) is 50.7 Å². The van der Waals surface area contributed by atoms with Crippen LogP contribution in [0.5, 0.6) is 0 Å². The largest absolute Gasteiger partial charge is 0.396 e. The van der Waals surface area contributed by atoms with E-state index in [1.807, 2.05) is 4.90 Å². The van der Waals surface area contributed by atoms with E-state index < -0.39 is 15.2 Å². The lowest BCUT2D eigenvalue weighted by Crippen LogP contribution is -2.52. The standard InChI is InChI=1S/C11H21NO4S2/c1-18(14,15)10-6-17-5-3-12(10)7-11(8-13)2-4-16-9-11/h10,13H,2-9H2,1H3. The van der Waals surface area contributed by atoms with Crippen molar-refractivity contribution in [1.29, 1.82) is 0 Å². The molecule has 0 aromatic carbocycles. The van der Waals surface area contributed by atoms with Gasteiger partial charge in [-0.2, -0.15) is 11.8 Å². The van der Waals surface area contributed by atoms with Crippen LogP contribution in [-0.2, 0) is 14.6 Å². The maximum absolute atomic E-state index is 11.8. The van der Waals surface area contributed by atoms with Crippen LogP contribution in [0.15, 0.2) is 0 Å². The van der Waals surface area contributed by atoms with Crippen LogP contribution in [0.25, 0.3) is 0 Å². The van der Waals surface area contributed by atoms with Gasteiger partial charge in [-0.3, -0.25) is 4.90 Å². The van der Waals surface area contributed by atoms with Crippen LogP contribution >= 0.6 is 11.8 Å². The minimum absolute atomic E-state index is 0.0626. The molecule has 0 spiro atoms. The summed E-state index contributed by atoms with van der Waals surface area (Å²) < 4.78 is 29.0. The summed E-state index contributed by atoms with van der Waals surface area (Å²) in [5.41, 5.74) is -0.273. The van der Waals surface area contributed by atoms with E-state index in [0.717, 1.165) is 18.7 Å². The lowest BCUT2D eigenvalue weighted by molar-refractivity contribution is 0.0554. The molecule has 2 atom stereocenters. The number of nitrogens with zero attached hydrogens (tertiary/aromatic N) is 1. The zero-order valence-electron chi connectivity index (χ0n) is 10.7. The van der Waals surface area contributed by atoms with Crippen LogP contribution < -0.4 is 0 Å². The summed E-state index contributed by atoms with van der Waals surface area (Å²) in [6.45, 7) is 2.63. The van der Waals surface area contributed by atoms with Gasteiger partial charge in [-0.1, -0.05) is 0 Å². The van der Waals surface area contributed by atoms with Crippen LogP contribution in [0.2, 0.25) is 0 Å². The molecular weight excluding hydrogens is 274 g/mol. The molecule has 18 heavy (non-hydrogen) atoms. The summed E-state index contributed by atoms with van der Waals surface area (Å²) in [7, 11) is -3.07. The van der Waals surface area contributed by atoms with Gasteiger partial charge in [0.2, 0.25) is 0 Å². The van der Waals surface area contributed by atoms with Crippen molar-refractivity contribution in [2.24, 2.45) is 5.41 Å². The first-order chi connectivity index (χ1) is 8.47. The van der Waals surface area contributed by atoms with Crippen molar-refractivity contribution >= 4 is 21.6 Å². The van der Waals surface area contributed by atoms with Gasteiger partial charge in [-0.05, 0) is 6.42 Å². The second-order valence-electron chi connectivity index (χ2n) is 5.29. The molecule has 0 amide bonds. The molecular formula is C11H21NO4S2. The van der Waals surface area contributed by atoms with Gasteiger partial charge in [0, 0.05) is 42.9 Å². The van der Waals surface area contributed by atoms with E-state index in [0.29, 0.717) is 25.5 Å². The minimum Gasteiger partial charge on any atom is -0.396 e. The highest BCUT2D eigenvalue weighted by Crippen LogP contribution is 2.32. The predicted molar refractivity (Wildman–Crippen MR) is 72.5 cm³/mol. The molecule has 0 saturated carbocycles. The summed E-state index contributed by atoms with van der Waals surface area (Å²) in [6.07, 6.45) is 2.11. The first-order valence-electron chi connectivity index (χ1n) is 6.16. The third-order valence-corrected chi connectivity index (χ3v) is 6.43. The van der Waals surface area contributed by atoms with E-state index in [1.165, 1.54) is 6.26 Å². The molecule has 0 radical (unpaired) electrons. The predicted octanol–water partition coefficient (Wildman–Crippen LogP) is -0.195. The molecule has 2 aliphatic rings. The Hall–Kier alpha value is 0.180. The Morgan fingerprint density at radius 3 is 2.89 bits per heavy atom. The number of aliphatic hydroxyl groups is 1. The first kappa shape index (κ1) is 14.6. The zero-order chi connectivity index (χ0) is 13.2. The summed E-state index contributed by atoms with van der Waals surface area (Å²) in [5, 5.41) is 9.16. The van der Waals surface area contributed by atoms with Crippen LogP contribution in [0.3, 0.4) is 0 Å². The molecule has 2 unspecified atom stereocenters. The molecule has 2 fully saturated rings. The zero-order valence-corrected chi connectivity index (χ0v) is 12.3.